The Balaban J connectivity index is 1.95. The minimum Gasteiger partial charge on any atom is -0.381 e. The van der Waals surface area contributed by atoms with Crippen molar-refractivity contribution in [3.8, 4) is 0 Å². The molecule has 3 rings (SSSR count). The predicted molar refractivity (Wildman–Crippen MR) is 61.3 cm³/mol. The van der Waals surface area contributed by atoms with Gasteiger partial charge in [0.05, 0.1) is 17.9 Å². The van der Waals surface area contributed by atoms with Crippen LogP contribution in [0, 0.1) is 6.92 Å². The number of hydrogen-bond donors (Lipinski definition) is 1. The Bertz CT molecular complexity index is 605. The van der Waals surface area contributed by atoms with E-state index < -0.39 is 0 Å². The van der Waals surface area contributed by atoms with Crippen LogP contribution in [-0.2, 0) is 6.54 Å². The van der Waals surface area contributed by atoms with Gasteiger partial charge < -0.3 is 5.73 Å². The third kappa shape index (κ3) is 1.36. The maximum atomic E-state index is 5.63. The van der Waals surface area contributed by atoms with Crippen molar-refractivity contribution in [2.24, 2.45) is 0 Å². The fourth-order valence-electron chi connectivity index (χ4n) is 1.53. The molecule has 0 amide bonds. The molecule has 3 aromatic rings. The lowest BCUT2D eigenvalue weighted by atomic mass is 10.4. The van der Waals surface area contributed by atoms with Crippen LogP contribution >= 0.6 is 11.3 Å². The Morgan fingerprint density at radius 2 is 2.38 bits per heavy atom. The Hall–Kier alpha value is -1.89. The van der Waals surface area contributed by atoms with Crippen LogP contribution in [0.15, 0.2) is 17.8 Å². The highest BCUT2D eigenvalue weighted by molar-refractivity contribution is 7.15. The molecule has 0 aliphatic heterocycles. The summed E-state index contributed by atoms with van der Waals surface area (Å²) in [6.07, 6.45) is 3.97. The lowest BCUT2D eigenvalue weighted by molar-refractivity contribution is 0.625. The van der Waals surface area contributed by atoms with E-state index in [2.05, 4.69) is 15.3 Å². The SMILES string of the molecule is Cc1c(N)nnn1Cc1cn2ccsc2n1. The number of imidazole rings is 1. The van der Waals surface area contributed by atoms with Gasteiger partial charge in [0.2, 0.25) is 0 Å². The molecule has 0 unspecified atom stereocenters. The van der Waals surface area contributed by atoms with Gasteiger partial charge in [-0.05, 0) is 6.92 Å². The van der Waals surface area contributed by atoms with E-state index in [9.17, 15) is 0 Å². The first kappa shape index (κ1) is 9.34. The Morgan fingerprint density at radius 1 is 1.50 bits per heavy atom. The van der Waals surface area contributed by atoms with E-state index in [-0.39, 0.29) is 0 Å². The number of hydrogen-bond acceptors (Lipinski definition) is 5. The van der Waals surface area contributed by atoms with Crippen LogP contribution in [0.1, 0.15) is 11.4 Å². The van der Waals surface area contributed by atoms with Crippen LogP contribution in [0.2, 0.25) is 0 Å². The van der Waals surface area contributed by atoms with Gasteiger partial charge in [0, 0.05) is 17.8 Å². The van der Waals surface area contributed by atoms with Crippen LogP contribution in [0.3, 0.4) is 0 Å². The second-order valence-electron chi connectivity index (χ2n) is 3.54. The van der Waals surface area contributed by atoms with E-state index in [1.165, 1.54) is 0 Å². The van der Waals surface area contributed by atoms with E-state index in [0.717, 1.165) is 16.3 Å². The van der Waals surface area contributed by atoms with Crippen LogP contribution in [0.5, 0.6) is 0 Å². The first-order valence-electron chi connectivity index (χ1n) is 4.80. The van der Waals surface area contributed by atoms with Crippen LogP contribution in [0.4, 0.5) is 5.82 Å². The molecule has 3 heterocycles. The van der Waals surface area contributed by atoms with Crippen molar-refractivity contribution in [1.82, 2.24) is 24.4 Å². The van der Waals surface area contributed by atoms with Gasteiger partial charge in [0.15, 0.2) is 10.8 Å². The average Bonchev–Trinajstić information content (AvgIpc) is 2.88. The molecule has 16 heavy (non-hydrogen) atoms. The van der Waals surface area contributed by atoms with Crippen LogP contribution in [-0.4, -0.2) is 24.4 Å². The summed E-state index contributed by atoms with van der Waals surface area (Å²) in [6.45, 7) is 2.50. The summed E-state index contributed by atoms with van der Waals surface area (Å²) in [6, 6.07) is 0. The zero-order valence-corrected chi connectivity index (χ0v) is 9.48. The number of nitrogen functional groups attached to an aromatic ring is 1. The van der Waals surface area contributed by atoms with Crippen molar-refractivity contribution in [2.75, 3.05) is 5.73 Å². The molecule has 0 spiro atoms. The topological polar surface area (TPSA) is 74.0 Å². The largest absolute Gasteiger partial charge is 0.381 e. The Labute approximate surface area is 95.3 Å². The molecule has 0 saturated heterocycles. The van der Waals surface area contributed by atoms with E-state index in [1.807, 2.05) is 29.1 Å². The van der Waals surface area contributed by atoms with Gasteiger partial charge in [0.25, 0.3) is 0 Å². The number of aromatic nitrogens is 5. The highest BCUT2D eigenvalue weighted by atomic mass is 32.1. The van der Waals surface area contributed by atoms with Gasteiger partial charge in [-0.3, -0.25) is 4.40 Å². The summed E-state index contributed by atoms with van der Waals surface area (Å²) >= 11 is 1.61. The minimum atomic E-state index is 0.473. The first-order chi connectivity index (χ1) is 7.74. The van der Waals surface area contributed by atoms with Crippen molar-refractivity contribution >= 4 is 22.1 Å². The molecular weight excluding hydrogens is 224 g/mol. The summed E-state index contributed by atoms with van der Waals surface area (Å²) in [5.41, 5.74) is 7.46. The predicted octanol–water partition coefficient (Wildman–Crippen LogP) is 0.926. The van der Waals surface area contributed by atoms with E-state index >= 15 is 0 Å². The maximum Gasteiger partial charge on any atom is 0.193 e. The molecule has 0 aliphatic rings. The number of fused-ring (bicyclic) bond motifs is 1. The normalized spacial score (nSPS) is 11.3. The summed E-state index contributed by atoms with van der Waals surface area (Å²) in [4.78, 5) is 5.46. The fraction of sp³-hybridized carbons (Fsp3) is 0.222. The summed E-state index contributed by atoms with van der Waals surface area (Å²) < 4.78 is 3.75. The van der Waals surface area contributed by atoms with Crippen molar-refractivity contribution in [2.45, 2.75) is 13.5 Å². The second kappa shape index (κ2) is 3.31. The van der Waals surface area contributed by atoms with Gasteiger partial charge in [-0.2, -0.15) is 0 Å². The molecule has 0 fully saturated rings. The summed E-state index contributed by atoms with van der Waals surface area (Å²) in [7, 11) is 0. The molecule has 7 heteroatoms. The third-order valence-corrected chi connectivity index (χ3v) is 3.24. The molecule has 2 N–H and O–H groups in total. The monoisotopic (exact) mass is 234 g/mol. The summed E-state index contributed by atoms with van der Waals surface area (Å²) in [5, 5.41) is 9.78. The molecule has 0 radical (unpaired) electrons. The molecule has 0 atom stereocenters. The van der Waals surface area contributed by atoms with Gasteiger partial charge in [-0.25, -0.2) is 9.67 Å². The Morgan fingerprint density at radius 3 is 3.06 bits per heavy atom. The molecule has 0 bridgehead atoms. The zero-order chi connectivity index (χ0) is 11.1. The molecule has 0 saturated carbocycles. The molecule has 6 nitrogen and oxygen atoms in total. The van der Waals surface area contributed by atoms with Gasteiger partial charge in [0.1, 0.15) is 0 Å². The Kier molecular flexibility index (Phi) is 1.93. The fourth-order valence-corrected chi connectivity index (χ4v) is 2.25. The smallest absolute Gasteiger partial charge is 0.193 e. The zero-order valence-electron chi connectivity index (χ0n) is 8.66. The molecule has 3 aromatic heterocycles. The van der Waals surface area contributed by atoms with E-state index in [4.69, 9.17) is 5.73 Å². The molecule has 0 aromatic carbocycles. The standard InChI is InChI=1S/C9H10N6S/c1-6-8(10)12-13-15(6)5-7-4-14-2-3-16-9(14)11-7/h2-4H,5,10H2,1H3. The van der Waals surface area contributed by atoms with Gasteiger partial charge in [-0.15, -0.1) is 16.4 Å². The number of rotatable bonds is 2. The van der Waals surface area contributed by atoms with Crippen LogP contribution in [0.25, 0.3) is 4.96 Å². The van der Waals surface area contributed by atoms with Gasteiger partial charge >= 0.3 is 0 Å². The quantitative estimate of drug-likeness (QED) is 0.715. The van der Waals surface area contributed by atoms with Crippen molar-refractivity contribution < 1.29 is 0 Å². The van der Waals surface area contributed by atoms with Gasteiger partial charge in [-0.1, -0.05) is 5.21 Å². The average molecular weight is 234 g/mol. The lowest BCUT2D eigenvalue weighted by Crippen LogP contribution is -2.04. The summed E-state index contributed by atoms with van der Waals surface area (Å²) in [5.74, 6) is 0.473. The minimum absolute atomic E-state index is 0.473. The van der Waals surface area contributed by atoms with E-state index in [0.29, 0.717) is 12.4 Å². The third-order valence-electron chi connectivity index (χ3n) is 2.47. The number of nitrogens with zero attached hydrogens (tertiary/aromatic N) is 5. The maximum absolute atomic E-state index is 5.63. The molecule has 82 valence electrons. The van der Waals surface area contributed by atoms with Crippen LogP contribution < -0.4 is 5.73 Å². The first-order valence-corrected chi connectivity index (χ1v) is 5.68. The van der Waals surface area contributed by atoms with Crippen molar-refractivity contribution in [3.63, 3.8) is 0 Å². The number of nitrogens with two attached hydrogens (primary N) is 1. The number of anilines is 1. The highest BCUT2D eigenvalue weighted by Crippen LogP contribution is 2.13. The second-order valence-corrected chi connectivity index (χ2v) is 4.42. The lowest BCUT2D eigenvalue weighted by Gasteiger charge is -1.98. The van der Waals surface area contributed by atoms with E-state index in [1.54, 1.807) is 16.0 Å². The van der Waals surface area contributed by atoms with Crippen molar-refractivity contribution in [3.05, 3.63) is 29.2 Å². The highest BCUT2D eigenvalue weighted by Gasteiger charge is 2.08. The molecule has 0 aliphatic carbocycles. The number of thiazole rings is 1. The molecular formula is C9H10N6S. The van der Waals surface area contributed by atoms with Crippen molar-refractivity contribution in [1.29, 1.82) is 0 Å².